The minimum Gasteiger partial charge on any atom is -0.383 e. The van der Waals surface area contributed by atoms with Gasteiger partial charge in [-0.05, 0) is 11.4 Å². The van der Waals surface area contributed by atoms with E-state index in [1.165, 1.54) is 23.1 Å². The third-order valence-corrected chi connectivity index (χ3v) is 4.03. The van der Waals surface area contributed by atoms with Crippen LogP contribution in [-0.2, 0) is 5.75 Å². The Morgan fingerprint density at radius 3 is 2.50 bits per heavy atom. The monoisotopic (exact) mass is 306 g/mol. The van der Waals surface area contributed by atoms with E-state index in [2.05, 4.69) is 24.9 Å². The average molecular weight is 306 g/mol. The van der Waals surface area contributed by atoms with Crippen molar-refractivity contribution in [2.75, 3.05) is 17.2 Å². The van der Waals surface area contributed by atoms with Gasteiger partial charge < -0.3 is 17.2 Å². The predicted octanol–water partition coefficient (Wildman–Crippen LogP) is 0.915. The fourth-order valence-electron chi connectivity index (χ4n) is 1.57. The van der Waals surface area contributed by atoms with Gasteiger partial charge in [-0.2, -0.15) is 15.0 Å². The van der Waals surface area contributed by atoms with Gasteiger partial charge in [0, 0.05) is 0 Å². The third-order valence-electron chi connectivity index (χ3n) is 2.38. The number of nitrogens with two attached hydrogens (primary N) is 3. The fourth-order valence-corrected chi connectivity index (χ4v) is 3.11. The topological polar surface area (TPSA) is 143 Å². The second-order valence-electron chi connectivity index (χ2n) is 3.79. The molecule has 3 aromatic heterocycles. The summed E-state index contributed by atoms with van der Waals surface area (Å²) in [5.74, 6) is 1.58. The van der Waals surface area contributed by atoms with Crippen molar-refractivity contribution in [3.8, 4) is 0 Å². The maximum atomic E-state index is 5.88. The Labute approximate surface area is 121 Å². The molecule has 0 amide bonds. The van der Waals surface area contributed by atoms with E-state index in [0.717, 1.165) is 10.2 Å². The van der Waals surface area contributed by atoms with E-state index in [9.17, 15) is 0 Å². The number of aromatic nitrogens is 5. The first kappa shape index (κ1) is 12.8. The molecule has 0 spiro atoms. The molecule has 8 nitrogen and oxygen atoms in total. The van der Waals surface area contributed by atoms with Gasteiger partial charge in [-0.1, -0.05) is 11.8 Å². The molecule has 0 saturated heterocycles. The van der Waals surface area contributed by atoms with E-state index in [0.29, 0.717) is 22.6 Å². The normalized spacial score (nSPS) is 11.0. The second kappa shape index (κ2) is 5.06. The molecule has 0 aliphatic carbocycles. The second-order valence-corrected chi connectivity index (χ2v) is 5.62. The highest BCUT2D eigenvalue weighted by Crippen LogP contribution is 2.27. The molecular formula is C10H10N8S2. The fraction of sp³-hybridized carbons (Fsp3) is 0.100. The summed E-state index contributed by atoms with van der Waals surface area (Å²) >= 11 is 2.88. The highest BCUT2D eigenvalue weighted by atomic mass is 32.2. The SMILES string of the molecule is Nc1nc(N)nc(CSc2nc(N)c3ccsc3n2)n1. The largest absolute Gasteiger partial charge is 0.383 e. The smallest absolute Gasteiger partial charge is 0.225 e. The Balaban J connectivity index is 1.82. The van der Waals surface area contributed by atoms with Crippen molar-refractivity contribution in [3.63, 3.8) is 0 Å². The molecule has 10 heteroatoms. The highest BCUT2D eigenvalue weighted by Gasteiger charge is 2.09. The summed E-state index contributed by atoms with van der Waals surface area (Å²) in [6.07, 6.45) is 0. The van der Waals surface area contributed by atoms with E-state index in [1.807, 2.05) is 11.4 Å². The minimum atomic E-state index is 0.0993. The van der Waals surface area contributed by atoms with Gasteiger partial charge in [-0.25, -0.2) is 9.97 Å². The number of thiophene rings is 1. The van der Waals surface area contributed by atoms with Gasteiger partial charge in [0.25, 0.3) is 0 Å². The maximum Gasteiger partial charge on any atom is 0.225 e. The van der Waals surface area contributed by atoms with E-state index in [4.69, 9.17) is 17.2 Å². The van der Waals surface area contributed by atoms with Gasteiger partial charge in [0.1, 0.15) is 16.5 Å². The van der Waals surface area contributed by atoms with Crippen LogP contribution in [-0.4, -0.2) is 24.9 Å². The maximum absolute atomic E-state index is 5.88. The quantitative estimate of drug-likeness (QED) is 0.475. The first-order valence-electron chi connectivity index (χ1n) is 5.51. The molecule has 0 aromatic carbocycles. The van der Waals surface area contributed by atoms with Crippen LogP contribution >= 0.6 is 23.1 Å². The first-order valence-corrected chi connectivity index (χ1v) is 7.38. The Hall–Kier alpha value is -2.20. The van der Waals surface area contributed by atoms with Crippen LogP contribution < -0.4 is 17.2 Å². The van der Waals surface area contributed by atoms with Crippen LogP contribution in [0, 0.1) is 0 Å². The molecule has 0 unspecified atom stereocenters. The molecule has 0 bridgehead atoms. The van der Waals surface area contributed by atoms with Crippen LogP contribution in [0.4, 0.5) is 17.7 Å². The zero-order chi connectivity index (χ0) is 14.1. The zero-order valence-corrected chi connectivity index (χ0v) is 11.8. The van der Waals surface area contributed by atoms with Gasteiger partial charge >= 0.3 is 0 Å². The minimum absolute atomic E-state index is 0.0993. The molecule has 102 valence electrons. The van der Waals surface area contributed by atoms with Crippen molar-refractivity contribution in [1.82, 2.24) is 24.9 Å². The standard InChI is InChI=1S/C10H10N8S2/c11-6-4-1-2-19-7(4)17-10(16-6)20-3-5-14-8(12)18-9(13)15-5/h1-2H,3H2,(H2,11,16,17)(H4,12,13,14,15,18). The molecule has 0 radical (unpaired) electrons. The van der Waals surface area contributed by atoms with Crippen molar-refractivity contribution in [1.29, 1.82) is 0 Å². The molecular weight excluding hydrogens is 296 g/mol. The number of nitrogen functional groups attached to an aromatic ring is 3. The molecule has 0 saturated carbocycles. The Kier molecular flexibility index (Phi) is 3.24. The summed E-state index contributed by atoms with van der Waals surface area (Å²) in [6.45, 7) is 0. The summed E-state index contributed by atoms with van der Waals surface area (Å²) in [5.41, 5.74) is 16.9. The van der Waals surface area contributed by atoms with E-state index in [-0.39, 0.29) is 11.9 Å². The molecule has 6 N–H and O–H groups in total. The van der Waals surface area contributed by atoms with Crippen molar-refractivity contribution < 1.29 is 0 Å². The van der Waals surface area contributed by atoms with Crippen LogP contribution in [0.5, 0.6) is 0 Å². The molecule has 20 heavy (non-hydrogen) atoms. The summed E-state index contributed by atoms with van der Waals surface area (Å²) in [4.78, 5) is 21.2. The molecule has 3 aromatic rings. The number of thioether (sulfide) groups is 1. The lowest BCUT2D eigenvalue weighted by Crippen LogP contribution is -2.06. The van der Waals surface area contributed by atoms with Crippen LogP contribution in [0.2, 0.25) is 0 Å². The van der Waals surface area contributed by atoms with E-state index in [1.54, 1.807) is 0 Å². The molecule has 3 rings (SSSR count). The van der Waals surface area contributed by atoms with Crippen LogP contribution in [0.15, 0.2) is 16.6 Å². The van der Waals surface area contributed by atoms with Crippen LogP contribution in [0.25, 0.3) is 10.2 Å². The number of hydrogen-bond acceptors (Lipinski definition) is 10. The summed E-state index contributed by atoms with van der Waals surface area (Å²) in [7, 11) is 0. The first-order chi connectivity index (χ1) is 9.61. The molecule has 0 aliphatic rings. The number of rotatable bonds is 3. The molecule has 0 atom stereocenters. The van der Waals surface area contributed by atoms with Gasteiger partial charge in [0.15, 0.2) is 5.16 Å². The van der Waals surface area contributed by atoms with Crippen molar-refractivity contribution >= 4 is 51.0 Å². The number of nitrogens with zero attached hydrogens (tertiary/aromatic N) is 5. The van der Waals surface area contributed by atoms with Crippen molar-refractivity contribution in [2.24, 2.45) is 0 Å². The van der Waals surface area contributed by atoms with Crippen LogP contribution in [0.1, 0.15) is 5.82 Å². The van der Waals surface area contributed by atoms with Gasteiger partial charge in [-0.15, -0.1) is 11.3 Å². The summed E-state index contributed by atoms with van der Waals surface area (Å²) in [5, 5.41) is 3.36. The lowest BCUT2D eigenvalue weighted by Gasteiger charge is -2.03. The number of anilines is 3. The van der Waals surface area contributed by atoms with Crippen molar-refractivity contribution in [3.05, 3.63) is 17.3 Å². The average Bonchev–Trinajstić information content (AvgIpc) is 2.84. The van der Waals surface area contributed by atoms with Gasteiger partial charge in [0.2, 0.25) is 11.9 Å². The molecule has 0 fully saturated rings. The summed E-state index contributed by atoms with van der Waals surface area (Å²) in [6, 6.07) is 1.90. The van der Waals surface area contributed by atoms with Crippen molar-refractivity contribution in [2.45, 2.75) is 10.9 Å². The predicted molar refractivity (Wildman–Crippen MR) is 80.0 cm³/mol. The third kappa shape index (κ3) is 2.56. The Morgan fingerprint density at radius 1 is 1.00 bits per heavy atom. The Morgan fingerprint density at radius 2 is 1.75 bits per heavy atom. The lowest BCUT2D eigenvalue weighted by molar-refractivity contribution is 0.973. The summed E-state index contributed by atoms with van der Waals surface area (Å²) < 4.78 is 0. The van der Waals surface area contributed by atoms with Gasteiger partial charge in [-0.3, -0.25) is 0 Å². The highest BCUT2D eigenvalue weighted by molar-refractivity contribution is 7.98. The molecule has 0 aliphatic heterocycles. The molecule has 3 heterocycles. The Bertz CT molecular complexity index is 751. The zero-order valence-electron chi connectivity index (χ0n) is 10.1. The number of fused-ring (bicyclic) bond motifs is 1. The number of hydrogen-bond donors (Lipinski definition) is 3. The van der Waals surface area contributed by atoms with Gasteiger partial charge in [0.05, 0.1) is 11.1 Å². The lowest BCUT2D eigenvalue weighted by atomic mass is 10.4. The van der Waals surface area contributed by atoms with E-state index < -0.39 is 0 Å². The van der Waals surface area contributed by atoms with E-state index >= 15 is 0 Å². The van der Waals surface area contributed by atoms with Crippen LogP contribution in [0.3, 0.4) is 0 Å².